The van der Waals surface area contributed by atoms with Crippen LogP contribution in [0.25, 0.3) is 10.9 Å². The quantitative estimate of drug-likeness (QED) is 0.518. The summed E-state index contributed by atoms with van der Waals surface area (Å²) in [6, 6.07) is 4.72. The number of nitrogens with two attached hydrogens (primary N) is 1. The van der Waals surface area contributed by atoms with Gasteiger partial charge in [-0.15, -0.1) is 0 Å². The molecule has 0 saturated heterocycles. The molecule has 0 radical (unpaired) electrons. The molecule has 1 aliphatic carbocycles. The van der Waals surface area contributed by atoms with Gasteiger partial charge in [-0.1, -0.05) is 24.6 Å². The second-order valence-corrected chi connectivity index (χ2v) is 8.17. The molecule has 6 nitrogen and oxygen atoms in total. The number of pyridine rings is 1. The Bertz CT molecular complexity index is 1090. The van der Waals surface area contributed by atoms with E-state index in [4.69, 9.17) is 17.3 Å². The number of aromatic nitrogens is 2. The van der Waals surface area contributed by atoms with Crippen LogP contribution in [0, 0.1) is 17.0 Å². The maximum Gasteiger partial charge on any atom is 0.165 e. The SMILES string of the molecule is C[C@]1(C(O)c2ccc(Cl)c(F)c2)C[C@@H](n2ccc3c(N)ncc(F)c32)[C@H](O)[C@@H]1O. The lowest BCUT2D eigenvalue weighted by Crippen LogP contribution is -2.38. The molecule has 1 fully saturated rings. The van der Waals surface area contributed by atoms with Crippen LogP contribution in [0.3, 0.4) is 0 Å². The van der Waals surface area contributed by atoms with E-state index in [2.05, 4.69) is 4.98 Å². The Hall–Kier alpha value is -2.26. The van der Waals surface area contributed by atoms with E-state index in [-0.39, 0.29) is 28.3 Å². The van der Waals surface area contributed by atoms with E-state index in [1.54, 1.807) is 19.2 Å². The van der Waals surface area contributed by atoms with Gasteiger partial charge in [0.15, 0.2) is 5.82 Å². The molecule has 1 unspecified atom stereocenters. The molecule has 154 valence electrons. The molecular formula is C20H20ClF2N3O3. The highest BCUT2D eigenvalue weighted by atomic mass is 35.5. The molecule has 9 heteroatoms. The van der Waals surface area contributed by atoms with Crippen molar-refractivity contribution in [1.29, 1.82) is 0 Å². The molecule has 0 aliphatic heterocycles. The number of hydrogen-bond donors (Lipinski definition) is 4. The van der Waals surface area contributed by atoms with E-state index in [0.29, 0.717) is 5.39 Å². The smallest absolute Gasteiger partial charge is 0.165 e. The van der Waals surface area contributed by atoms with Gasteiger partial charge in [-0.3, -0.25) is 0 Å². The normalized spacial score (nSPS) is 28.2. The Morgan fingerprint density at radius 3 is 2.69 bits per heavy atom. The molecule has 2 aromatic heterocycles. The minimum absolute atomic E-state index is 0.0866. The largest absolute Gasteiger partial charge is 0.390 e. The summed E-state index contributed by atoms with van der Waals surface area (Å²) < 4.78 is 29.8. The summed E-state index contributed by atoms with van der Waals surface area (Å²) in [6.07, 6.45) is -1.27. The van der Waals surface area contributed by atoms with Crippen molar-refractivity contribution in [3.05, 3.63) is 58.9 Å². The van der Waals surface area contributed by atoms with Crippen LogP contribution in [0.1, 0.15) is 31.1 Å². The van der Waals surface area contributed by atoms with Gasteiger partial charge in [0, 0.05) is 17.0 Å². The average molecular weight is 424 g/mol. The Kier molecular flexibility index (Phi) is 4.77. The molecule has 2 heterocycles. The summed E-state index contributed by atoms with van der Waals surface area (Å²) in [6.45, 7) is 1.59. The second kappa shape index (κ2) is 6.91. The maximum atomic E-state index is 14.4. The molecule has 3 aromatic rings. The molecular weight excluding hydrogens is 404 g/mol. The molecule has 0 amide bonds. The zero-order valence-corrected chi connectivity index (χ0v) is 16.2. The van der Waals surface area contributed by atoms with Gasteiger partial charge in [-0.2, -0.15) is 0 Å². The number of hydrogen-bond acceptors (Lipinski definition) is 5. The lowest BCUT2D eigenvalue weighted by atomic mass is 9.77. The fourth-order valence-electron chi connectivity index (χ4n) is 4.33. The summed E-state index contributed by atoms with van der Waals surface area (Å²) in [7, 11) is 0. The van der Waals surface area contributed by atoms with Crippen molar-refractivity contribution in [1.82, 2.24) is 9.55 Å². The first-order valence-electron chi connectivity index (χ1n) is 9.05. The average Bonchev–Trinajstić information content (AvgIpc) is 3.23. The Labute approximate surface area is 170 Å². The number of aliphatic hydroxyl groups excluding tert-OH is 3. The predicted octanol–water partition coefficient (Wildman–Crippen LogP) is 2.96. The standard InChI is InChI=1S/C20H20ClF2N3O3/c1-20(17(28)9-2-3-11(21)12(22)6-9)7-14(16(27)18(20)29)26-5-4-10-15(26)13(23)8-25-19(10)24/h2-6,8,14,16-18,27-29H,7H2,1H3,(H2,24,25)/t14-,16+,17?,18+,20-/m1/s1. The third-order valence-corrected chi connectivity index (χ3v) is 6.32. The number of nitrogen functional groups attached to an aromatic ring is 1. The van der Waals surface area contributed by atoms with E-state index >= 15 is 0 Å². The molecule has 1 aromatic carbocycles. The van der Waals surface area contributed by atoms with E-state index < -0.39 is 41.4 Å². The molecule has 1 aliphatic rings. The van der Waals surface area contributed by atoms with Crippen LogP contribution in [-0.2, 0) is 0 Å². The van der Waals surface area contributed by atoms with Gasteiger partial charge in [-0.25, -0.2) is 13.8 Å². The first-order valence-corrected chi connectivity index (χ1v) is 9.42. The van der Waals surface area contributed by atoms with E-state index in [0.717, 1.165) is 12.3 Å². The van der Waals surface area contributed by atoms with Crippen molar-refractivity contribution in [2.24, 2.45) is 5.41 Å². The summed E-state index contributed by atoms with van der Waals surface area (Å²) >= 11 is 5.71. The third kappa shape index (κ3) is 2.98. The Balaban J connectivity index is 1.74. The number of halogens is 3. The van der Waals surface area contributed by atoms with Crippen molar-refractivity contribution in [2.75, 3.05) is 5.73 Å². The molecule has 5 atom stereocenters. The topological polar surface area (TPSA) is 105 Å². The summed E-state index contributed by atoms with van der Waals surface area (Å²) in [5.74, 6) is -1.17. The van der Waals surface area contributed by atoms with E-state index in [9.17, 15) is 24.1 Å². The zero-order valence-electron chi connectivity index (χ0n) is 15.4. The lowest BCUT2D eigenvalue weighted by Gasteiger charge is -2.34. The number of benzene rings is 1. The van der Waals surface area contributed by atoms with Gasteiger partial charge in [0.2, 0.25) is 0 Å². The van der Waals surface area contributed by atoms with E-state index in [1.807, 2.05) is 0 Å². The molecule has 29 heavy (non-hydrogen) atoms. The molecule has 4 rings (SSSR count). The van der Waals surface area contributed by atoms with Crippen molar-refractivity contribution in [3.8, 4) is 0 Å². The third-order valence-electron chi connectivity index (χ3n) is 6.02. The first-order chi connectivity index (χ1) is 13.6. The predicted molar refractivity (Wildman–Crippen MR) is 104 cm³/mol. The van der Waals surface area contributed by atoms with Crippen molar-refractivity contribution >= 4 is 28.3 Å². The molecule has 0 spiro atoms. The maximum absolute atomic E-state index is 14.4. The van der Waals surface area contributed by atoms with Gasteiger partial charge in [0.1, 0.15) is 17.7 Å². The minimum Gasteiger partial charge on any atom is -0.390 e. The Morgan fingerprint density at radius 1 is 1.28 bits per heavy atom. The van der Waals surface area contributed by atoms with Crippen LogP contribution < -0.4 is 5.73 Å². The van der Waals surface area contributed by atoms with Crippen LogP contribution in [0.15, 0.2) is 36.7 Å². The van der Waals surface area contributed by atoms with Crippen molar-refractivity contribution in [3.63, 3.8) is 0 Å². The fourth-order valence-corrected chi connectivity index (χ4v) is 4.45. The minimum atomic E-state index is -1.35. The van der Waals surface area contributed by atoms with Gasteiger partial charge >= 0.3 is 0 Å². The summed E-state index contributed by atoms with van der Waals surface area (Å²) in [5.41, 5.74) is 4.97. The van der Waals surface area contributed by atoms with Crippen molar-refractivity contribution in [2.45, 2.75) is 37.7 Å². The van der Waals surface area contributed by atoms with Crippen LogP contribution >= 0.6 is 11.6 Å². The highest BCUT2D eigenvalue weighted by molar-refractivity contribution is 6.30. The number of nitrogens with zero attached hydrogens (tertiary/aromatic N) is 2. The Morgan fingerprint density at radius 2 is 2.00 bits per heavy atom. The highest BCUT2D eigenvalue weighted by Gasteiger charge is 2.54. The highest BCUT2D eigenvalue weighted by Crippen LogP contribution is 2.52. The molecule has 5 N–H and O–H groups in total. The lowest BCUT2D eigenvalue weighted by molar-refractivity contribution is -0.0765. The van der Waals surface area contributed by atoms with Crippen molar-refractivity contribution < 1.29 is 24.1 Å². The van der Waals surface area contributed by atoms with Crippen LogP contribution in [-0.4, -0.2) is 37.1 Å². The van der Waals surface area contributed by atoms with E-state index in [1.165, 1.54) is 16.7 Å². The second-order valence-electron chi connectivity index (χ2n) is 7.77. The fraction of sp³-hybridized carbons (Fsp3) is 0.350. The number of aliphatic hydroxyl groups is 3. The number of anilines is 1. The van der Waals surface area contributed by atoms with Gasteiger partial charge in [0.05, 0.1) is 35.0 Å². The zero-order chi connectivity index (χ0) is 21.1. The molecule has 1 saturated carbocycles. The van der Waals surface area contributed by atoms with Crippen LogP contribution in [0.2, 0.25) is 5.02 Å². The number of rotatable bonds is 3. The van der Waals surface area contributed by atoms with Gasteiger partial charge in [-0.05, 0) is 30.2 Å². The monoisotopic (exact) mass is 423 g/mol. The summed E-state index contributed by atoms with van der Waals surface area (Å²) in [4.78, 5) is 3.78. The van der Waals surface area contributed by atoms with Gasteiger partial charge in [0.25, 0.3) is 0 Å². The molecule has 0 bridgehead atoms. The first kappa shape index (κ1) is 20.0. The number of fused-ring (bicyclic) bond motifs is 1. The van der Waals surface area contributed by atoms with Gasteiger partial charge < -0.3 is 25.6 Å². The van der Waals surface area contributed by atoms with Crippen LogP contribution in [0.4, 0.5) is 14.6 Å². The van der Waals surface area contributed by atoms with Crippen LogP contribution in [0.5, 0.6) is 0 Å². The summed E-state index contributed by atoms with van der Waals surface area (Å²) in [5, 5.41) is 32.7.